The highest BCUT2D eigenvalue weighted by Crippen LogP contribution is 2.33. The van der Waals surface area contributed by atoms with E-state index in [0.29, 0.717) is 5.15 Å². The molecule has 10 heterocycles. The summed E-state index contributed by atoms with van der Waals surface area (Å²) in [4.78, 5) is 77.8. The molecule has 0 aliphatic heterocycles. The Kier molecular flexibility index (Phi) is 35.9. The van der Waals surface area contributed by atoms with Crippen LogP contribution in [0.15, 0.2) is 246 Å². The zero-order valence-electron chi connectivity index (χ0n) is 82.0. The highest BCUT2D eigenvalue weighted by atomic mass is 35.5. The molecule has 668 valence electrons. The van der Waals surface area contributed by atoms with Gasteiger partial charge in [0, 0.05) is 152 Å². The van der Waals surface area contributed by atoms with Crippen molar-refractivity contribution in [2.75, 3.05) is 0 Å². The van der Waals surface area contributed by atoms with Crippen LogP contribution in [0.1, 0.15) is 287 Å². The van der Waals surface area contributed by atoms with Crippen molar-refractivity contribution in [2.45, 2.75) is 290 Å². The Morgan fingerprint density at radius 1 is 0.302 bits per heavy atom. The van der Waals surface area contributed by atoms with E-state index in [9.17, 15) is 9.59 Å². The van der Waals surface area contributed by atoms with E-state index in [1.54, 1.807) is 37.2 Å². The molecule has 5 aromatic carbocycles. The predicted octanol–water partition coefficient (Wildman–Crippen LogP) is 27.8. The van der Waals surface area contributed by atoms with Gasteiger partial charge in [0.2, 0.25) is 0 Å². The first-order valence-corrected chi connectivity index (χ1v) is 43.8. The largest absolute Gasteiger partial charge is 0.449 e. The monoisotopic (exact) mass is 1720 g/mol. The maximum absolute atomic E-state index is 12.3. The fourth-order valence-corrected chi connectivity index (χ4v) is 12.4. The summed E-state index contributed by atoms with van der Waals surface area (Å²) in [7, 11) is 0. The molecule has 0 saturated carbocycles. The van der Waals surface area contributed by atoms with Gasteiger partial charge in [-0.15, -0.1) is 0 Å². The SMILES string of the molecule is CC(C)(C)c1c[nH]c2ccccc2c1=O.CC(C)(C)c1cc2ccccc2nc1Cl.CC(C)(C)c1cccnc1.CC(C)(C)c1cnc2ccccc2c1.CC(C)(C)c1cnc2ccccc2n1.CC(C)(C)c1cnccn1.Cc1ccc(C(C)(C)C)cn1.Cc1ccc2c(=O)c(C(C)(C)C)c[nH]c2c1.Cc1cnc(C(C)(C)C)cn1.Cc1nc(C(C)(C)C)co1. The number of nitrogens with zero attached hydrogens (tertiary/aromatic N) is 11. The fraction of sp³-hybridized carbons (Fsp3) is 0.404. The van der Waals surface area contributed by atoms with E-state index in [1.165, 1.54) is 22.1 Å². The number of para-hydroxylation sites is 5. The van der Waals surface area contributed by atoms with Gasteiger partial charge >= 0.3 is 0 Å². The second kappa shape index (κ2) is 43.7. The van der Waals surface area contributed by atoms with Crippen molar-refractivity contribution in [3.8, 4) is 0 Å². The maximum atomic E-state index is 12.3. The molecule has 0 bridgehead atoms. The van der Waals surface area contributed by atoms with Crippen LogP contribution in [-0.2, 0) is 54.1 Å². The molecular formula is C109H142ClN13O3. The minimum atomic E-state index is -0.118. The quantitative estimate of drug-likeness (QED) is 0.135. The summed E-state index contributed by atoms with van der Waals surface area (Å²) in [5, 5.41) is 4.52. The van der Waals surface area contributed by atoms with Crippen molar-refractivity contribution >= 4 is 66.2 Å². The van der Waals surface area contributed by atoms with E-state index in [0.717, 1.165) is 112 Å². The Morgan fingerprint density at radius 3 is 1.22 bits per heavy atom. The van der Waals surface area contributed by atoms with Crippen molar-refractivity contribution in [1.82, 2.24) is 64.8 Å². The number of hydrogen-bond donors (Lipinski definition) is 2. The molecule has 10 aromatic heterocycles. The topological polar surface area (TPSA) is 221 Å². The highest BCUT2D eigenvalue weighted by molar-refractivity contribution is 6.30. The van der Waals surface area contributed by atoms with Gasteiger partial charge in [-0.05, 0) is 154 Å². The molecule has 2 N–H and O–H groups in total. The van der Waals surface area contributed by atoms with Crippen LogP contribution in [0.3, 0.4) is 0 Å². The molecule has 126 heavy (non-hydrogen) atoms. The zero-order chi connectivity index (χ0) is 94.4. The Bertz CT molecular complexity index is 5850. The standard InChI is InChI=1S/C14H17NO.C13H14ClN.C13H15NO.C13H15N.C12H14N2.C10H15N.C9H14N2.C9H13N.C8H12N2.C8H13NO/c1-9-5-6-10-12(7-9)15-8-11(13(10)16)14(2,3)4;1-13(2,3)10-8-9-6-4-5-7-11(9)15-12(10)14;1-13(2,3)10-8-14-11-7-5-4-6-9(11)12(10)15;1-13(2,3)11-8-10-6-4-5-7-12(10)14-9-11;1-12(2,3)11-8-13-9-6-4-5-7-10(9)14-11;1-8-5-6-9(7-11-8)10(2,3)4;1-7-5-11-8(6-10-7)9(2,3)4;1-9(2,3)8-5-4-6-10-7-8;1-8(2,3)7-6-9-4-5-10-7;1-6-9-7(5-10-6)8(2,3)4/h5-8H,1-4H3,(H,15,16);4-8H,1-3H3;4-8H,1-3H3,(H,14,15);4-9H,1-3H3;4-8H,1-3H3;5-7H,1-4H3;5-6H,1-4H3;4-7H,1-3H3;4-6H,1-3H3;5H,1-4H3. The average Bonchev–Trinajstić information content (AvgIpc) is 0.845. The number of H-pyrrole nitrogens is 2. The molecule has 0 spiro atoms. The van der Waals surface area contributed by atoms with Crippen LogP contribution >= 0.6 is 11.6 Å². The number of rotatable bonds is 0. The number of aromatic amines is 2. The number of benzene rings is 5. The molecule has 17 heteroatoms. The van der Waals surface area contributed by atoms with Gasteiger partial charge in [-0.1, -0.05) is 298 Å². The smallest absolute Gasteiger partial charge is 0.193 e. The minimum Gasteiger partial charge on any atom is -0.449 e. The Hall–Kier alpha value is -11.4. The van der Waals surface area contributed by atoms with E-state index in [2.05, 4.69) is 300 Å². The first kappa shape index (κ1) is 103. The number of pyridine rings is 6. The Labute approximate surface area is 757 Å². The second-order valence-electron chi connectivity index (χ2n) is 42.2. The highest BCUT2D eigenvalue weighted by Gasteiger charge is 2.24. The van der Waals surface area contributed by atoms with Gasteiger partial charge in [0.05, 0.1) is 50.5 Å². The van der Waals surface area contributed by atoms with Gasteiger partial charge < -0.3 is 14.4 Å². The molecular weight excluding hydrogens is 1570 g/mol. The van der Waals surface area contributed by atoms with Crippen molar-refractivity contribution in [3.63, 3.8) is 0 Å². The first-order valence-electron chi connectivity index (χ1n) is 43.4. The zero-order valence-corrected chi connectivity index (χ0v) is 82.7. The third kappa shape index (κ3) is 32.9. The minimum absolute atomic E-state index is 0.0358. The number of hydrogen-bond acceptors (Lipinski definition) is 14. The lowest BCUT2D eigenvalue weighted by Crippen LogP contribution is -2.23. The van der Waals surface area contributed by atoms with Crippen LogP contribution in [0.4, 0.5) is 0 Å². The normalized spacial score (nSPS) is 11.8. The van der Waals surface area contributed by atoms with Gasteiger partial charge in [0.15, 0.2) is 16.7 Å². The molecule has 0 aliphatic rings. The van der Waals surface area contributed by atoms with Crippen molar-refractivity contribution in [3.05, 3.63) is 337 Å². The molecule has 0 radical (unpaired) electrons. The van der Waals surface area contributed by atoms with Crippen LogP contribution < -0.4 is 10.9 Å². The first-order chi connectivity index (χ1) is 58.2. The number of aromatic nitrogens is 13. The molecule has 0 aliphatic carbocycles. The van der Waals surface area contributed by atoms with E-state index < -0.39 is 0 Å². The third-order valence-corrected chi connectivity index (χ3v) is 20.5. The predicted molar refractivity (Wildman–Crippen MR) is 532 cm³/mol. The number of halogens is 1. The summed E-state index contributed by atoms with van der Waals surface area (Å²) < 4.78 is 5.08. The van der Waals surface area contributed by atoms with Crippen LogP contribution in [0.2, 0.25) is 5.15 Å². The van der Waals surface area contributed by atoms with Crippen molar-refractivity contribution < 1.29 is 4.42 Å². The van der Waals surface area contributed by atoms with Gasteiger partial charge in [0.25, 0.3) is 0 Å². The van der Waals surface area contributed by atoms with Crippen molar-refractivity contribution in [2.24, 2.45) is 0 Å². The number of fused-ring (bicyclic) bond motifs is 5. The maximum Gasteiger partial charge on any atom is 0.193 e. The second-order valence-corrected chi connectivity index (χ2v) is 42.5. The molecule has 0 atom stereocenters. The van der Waals surface area contributed by atoms with Crippen molar-refractivity contribution in [1.29, 1.82) is 0 Å². The fourth-order valence-electron chi connectivity index (χ4n) is 11.9. The summed E-state index contributed by atoms with van der Waals surface area (Å²) in [6.07, 6.45) is 23.8. The molecule has 0 amide bonds. The van der Waals surface area contributed by atoms with Gasteiger partial charge in [-0.2, -0.15) is 0 Å². The van der Waals surface area contributed by atoms with Crippen LogP contribution in [0.25, 0.3) is 54.6 Å². The van der Waals surface area contributed by atoms with E-state index >= 15 is 0 Å². The molecule has 0 fully saturated rings. The number of oxazole rings is 1. The van der Waals surface area contributed by atoms with Gasteiger partial charge in [-0.3, -0.25) is 49.5 Å². The third-order valence-electron chi connectivity index (χ3n) is 20.2. The van der Waals surface area contributed by atoms with E-state index in [-0.39, 0.29) is 65.0 Å². The average molecular weight is 1720 g/mol. The van der Waals surface area contributed by atoms with Crippen LogP contribution in [0.5, 0.6) is 0 Å². The van der Waals surface area contributed by atoms with Crippen LogP contribution in [-0.4, -0.2) is 64.8 Å². The number of nitrogens with one attached hydrogen (secondary N) is 2. The van der Waals surface area contributed by atoms with E-state index in [4.69, 9.17) is 16.0 Å². The summed E-state index contributed by atoms with van der Waals surface area (Å²) in [6, 6.07) is 50.3. The summed E-state index contributed by atoms with van der Waals surface area (Å²) >= 11 is 6.18. The Morgan fingerprint density at radius 2 is 0.762 bits per heavy atom. The Balaban J connectivity index is 0.000000217. The molecule has 15 aromatic rings. The molecule has 0 saturated heterocycles. The molecule has 16 nitrogen and oxygen atoms in total. The summed E-state index contributed by atoms with van der Waals surface area (Å²) in [5.74, 6) is 0.741. The van der Waals surface area contributed by atoms with Crippen LogP contribution in [0, 0.1) is 27.7 Å². The lowest BCUT2D eigenvalue weighted by Gasteiger charge is -2.20. The summed E-state index contributed by atoms with van der Waals surface area (Å²) in [6.45, 7) is 71.9. The summed E-state index contributed by atoms with van der Waals surface area (Å²) in [5.41, 5.74) is 20.9. The lowest BCUT2D eigenvalue weighted by atomic mass is 9.87. The molecule has 15 rings (SSSR count). The molecule has 0 unspecified atom stereocenters. The van der Waals surface area contributed by atoms with Gasteiger partial charge in [-0.25, -0.2) is 15.0 Å². The van der Waals surface area contributed by atoms with Gasteiger partial charge in [0.1, 0.15) is 11.4 Å². The number of aryl methyl sites for hydroxylation is 4. The lowest BCUT2D eigenvalue weighted by molar-refractivity contribution is 0.514. The van der Waals surface area contributed by atoms with E-state index in [1.807, 2.05) is 195 Å².